The van der Waals surface area contributed by atoms with E-state index < -0.39 is 17.9 Å². The van der Waals surface area contributed by atoms with Gasteiger partial charge in [0.05, 0.1) is 17.9 Å². The summed E-state index contributed by atoms with van der Waals surface area (Å²) in [4.78, 5) is 30.8. The Balaban J connectivity index is 0.000000574. The molecule has 3 rings (SSSR count). The fourth-order valence-corrected chi connectivity index (χ4v) is 4.86. The summed E-state index contributed by atoms with van der Waals surface area (Å²) in [6.07, 6.45) is 16.5. The number of hydrogen-bond donors (Lipinski definition) is 0. The standard InChI is InChI=1S/C11H23.3C9H8O2.Sn/c1-3-5-7-9-11-10-8-6-4-2;3*1-2-7-3-5-8(6-4-7)9(10)11;/h11H,3-10H2,1-2H3;3*2-6H,1H2,(H,10,11);/q;;;;+3/p-3. The minimum atomic E-state index is -1.15. The molecule has 0 saturated heterocycles. The molecule has 0 aliphatic rings. The van der Waals surface area contributed by atoms with Gasteiger partial charge in [0.2, 0.25) is 0 Å². The average Bonchev–Trinajstić information content (AvgIpc) is 3.06. The molecule has 236 valence electrons. The summed E-state index contributed by atoms with van der Waals surface area (Å²) < 4.78 is 1.07. The number of unbranched alkanes of at least 4 members (excludes halogenated alkanes) is 4. The van der Waals surface area contributed by atoms with Gasteiger partial charge in [0.25, 0.3) is 0 Å². The van der Waals surface area contributed by atoms with Crippen LogP contribution in [0.5, 0.6) is 0 Å². The predicted molar refractivity (Wildman–Crippen MR) is 180 cm³/mol. The van der Waals surface area contributed by atoms with Crippen LogP contribution in [-0.4, -0.2) is 40.4 Å². The molecule has 7 heteroatoms. The molecule has 0 amide bonds. The topological polar surface area (TPSA) is 120 Å². The van der Waals surface area contributed by atoms with Gasteiger partial charge in [-0.15, -0.1) is 0 Å². The van der Waals surface area contributed by atoms with Gasteiger partial charge in [-0.2, -0.15) is 0 Å². The monoisotopic (exact) mass is 716 g/mol. The molecule has 0 aliphatic carbocycles. The molecular formula is C38H44O6Sn. The van der Waals surface area contributed by atoms with Crippen LogP contribution in [-0.2, 0) is 0 Å². The Morgan fingerprint density at radius 1 is 0.556 bits per heavy atom. The number of aromatic carboxylic acids is 3. The maximum absolute atomic E-state index is 10.3. The van der Waals surface area contributed by atoms with Crippen molar-refractivity contribution in [2.75, 3.05) is 0 Å². The average molecular weight is 715 g/mol. The number of carbonyl (C=O) groups is 3. The third-order valence-corrected chi connectivity index (χ3v) is 8.11. The summed E-state index contributed by atoms with van der Waals surface area (Å²) in [5, 5.41) is 30.8. The molecule has 6 nitrogen and oxygen atoms in total. The molecule has 0 unspecified atom stereocenters. The fourth-order valence-electron chi connectivity index (χ4n) is 3.69. The first kappa shape index (κ1) is 41.1. The van der Waals surface area contributed by atoms with E-state index in [1.165, 1.54) is 87.8 Å². The molecule has 0 atom stereocenters. The quantitative estimate of drug-likeness (QED) is 0.145. The molecule has 0 fully saturated rings. The van der Waals surface area contributed by atoms with Gasteiger partial charge in [0, 0.05) is 0 Å². The van der Waals surface area contributed by atoms with E-state index in [2.05, 4.69) is 33.6 Å². The van der Waals surface area contributed by atoms with Crippen molar-refractivity contribution in [3.63, 3.8) is 0 Å². The minimum absolute atomic E-state index is 0.190. The third-order valence-electron chi connectivity index (χ3n) is 6.46. The fraction of sp³-hybridized carbons (Fsp3) is 0.289. The zero-order valence-corrected chi connectivity index (χ0v) is 29.3. The summed E-state index contributed by atoms with van der Waals surface area (Å²) in [7, 11) is 0. The Morgan fingerprint density at radius 3 is 0.978 bits per heavy atom. The second kappa shape index (κ2) is 25.4. The van der Waals surface area contributed by atoms with Gasteiger partial charge < -0.3 is 29.7 Å². The molecule has 0 radical (unpaired) electrons. The van der Waals surface area contributed by atoms with E-state index in [1.54, 1.807) is 77.2 Å². The first-order valence-corrected chi connectivity index (χ1v) is 16.7. The van der Waals surface area contributed by atoms with E-state index in [9.17, 15) is 29.7 Å². The van der Waals surface area contributed by atoms with Gasteiger partial charge in [0.1, 0.15) is 0 Å². The zero-order valence-electron chi connectivity index (χ0n) is 26.5. The number of carbonyl (C=O) groups excluding carboxylic acids is 3. The van der Waals surface area contributed by atoms with E-state index in [4.69, 9.17) is 0 Å². The summed E-state index contributed by atoms with van der Waals surface area (Å²) in [5.41, 5.74) is 3.27. The van der Waals surface area contributed by atoms with Gasteiger partial charge in [-0.05, 0) is 33.4 Å². The van der Waals surface area contributed by atoms with Crippen LogP contribution in [0.25, 0.3) is 18.2 Å². The van der Waals surface area contributed by atoms with Crippen molar-refractivity contribution in [3.8, 4) is 0 Å². The van der Waals surface area contributed by atoms with Crippen LogP contribution in [0.3, 0.4) is 0 Å². The molecule has 0 bridgehead atoms. The summed E-state index contributed by atoms with van der Waals surface area (Å²) in [5.74, 6) is -3.46. The van der Waals surface area contributed by atoms with E-state index in [0.29, 0.717) is 0 Å². The van der Waals surface area contributed by atoms with Crippen LogP contribution in [0.1, 0.15) is 113 Å². The van der Waals surface area contributed by atoms with Gasteiger partial charge in [-0.1, -0.05) is 111 Å². The van der Waals surface area contributed by atoms with E-state index in [0.717, 1.165) is 20.6 Å². The first-order valence-electron chi connectivity index (χ1n) is 15.0. The van der Waals surface area contributed by atoms with Crippen molar-refractivity contribution in [2.24, 2.45) is 0 Å². The van der Waals surface area contributed by atoms with Gasteiger partial charge in [0.15, 0.2) is 0 Å². The van der Waals surface area contributed by atoms with Crippen molar-refractivity contribution in [1.29, 1.82) is 0 Å². The van der Waals surface area contributed by atoms with Crippen LogP contribution in [0.2, 0.25) is 3.93 Å². The van der Waals surface area contributed by atoms with Crippen LogP contribution in [0, 0.1) is 0 Å². The Labute approximate surface area is 282 Å². The van der Waals surface area contributed by atoms with Crippen molar-refractivity contribution in [2.45, 2.75) is 69.1 Å². The number of carboxylic acid groups (broad SMARTS) is 3. The number of rotatable bonds is 14. The molecular weight excluding hydrogens is 671 g/mol. The molecule has 3 aromatic carbocycles. The summed E-state index contributed by atoms with van der Waals surface area (Å²) in [6, 6.07) is 19.0. The number of carboxylic acids is 3. The summed E-state index contributed by atoms with van der Waals surface area (Å²) >= 11 is 1.77. The van der Waals surface area contributed by atoms with Crippen LogP contribution >= 0.6 is 0 Å². The molecule has 0 N–H and O–H groups in total. The predicted octanol–water partition coefficient (Wildman–Crippen LogP) is 6.18. The molecule has 45 heavy (non-hydrogen) atoms. The Bertz CT molecular complexity index is 1140. The number of hydrogen-bond acceptors (Lipinski definition) is 6. The van der Waals surface area contributed by atoms with Gasteiger partial charge >= 0.3 is 91.7 Å². The normalized spacial score (nSPS) is 9.62. The van der Waals surface area contributed by atoms with Crippen LogP contribution < -0.4 is 15.3 Å². The third kappa shape index (κ3) is 19.9. The van der Waals surface area contributed by atoms with E-state index in [-0.39, 0.29) is 16.7 Å². The van der Waals surface area contributed by atoms with Crippen molar-refractivity contribution < 1.29 is 29.7 Å². The molecule has 0 aliphatic heterocycles. The van der Waals surface area contributed by atoms with Crippen LogP contribution in [0.15, 0.2) is 92.5 Å². The molecule has 0 heterocycles. The van der Waals surface area contributed by atoms with E-state index in [1.807, 2.05) is 0 Å². The molecule has 0 saturated carbocycles. The van der Waals surface area contributed by atoms with Crippen molar-refractivity contribution in [3.05, 3.63) is 126 Å². The second-order valence-corrected chi connectivity index (χ2v) is 12.4. The second-order valence-electron chi connectivity index (χ2n) is 10.0. The van der Waals surface area contributed by atoms with Gasteiger partial charge in [-0.3, -0.25) is 0 Å². The maximum atomic E-state index is 10.3. The summed E-state index contributed by atoms with van der Waals surface area (Å²) in [6.45, 7) is 15.2. The Morgan fingerprint density at radius 2 is 0.800 bits per heavy atom. The van der Waals surface area contributed by atoms with E-state index >= 15 is 0 Å². The van der Waals surface area contributed by atoms with Crippen molar-refractivity contribution >= 4 is 58.7 Å². The molecule has 3 aromatic rings. The Hall–Kier alpha value is -3.91. The SMILES string of the molecule is C=Cc1ccc(C(=O)[O-])cc1.C=Cc1ccc(C(=O)[O-])cc1.C=Cc1ccc(C(=O)[O-])cc1.CCCCC[CH]([Sn+3])CCCCC. The molecule has 0 aromatic heterocycles. The van der Waals surface area contributed by atoms with Crippen molar-refractivity contribution in [1.82, 2.24) is 0 Å². The molecule has 0 spiro atoms. The number of benzene rings is 3. The zero-order chi connectivity index (χ0) is 34.0. The van der Waals surface area contributed by atoms with Crippen LogP contribution in [0.4, 0.5) is 0 Å². The van der Waals surface area contributed by atoms with Gasteiger partial charge in [-0.25, -0.2) is 0 Å². The Kier molecular flexibility index (Phi) is 23.2. The first-order chi connectivity index (χ1) is 21.5.